The minimum absolute atomic E-state index is 0.0132. The summed E-state index contributed by atoms with van der Waals surface area (Å²) < 4.78 is 119. The monoisotopic (exact) mass is 788 g/mol. The molecule has 4 aromatic carbocycles. The average molecular weight is 789 g/mol. The Hall–Kier alpha value is -3.48. The number of hydrogen-bond acceptors (Lipinski definition) is 8. The van der Waals surface area contributed by atoms with Crippen LogP contribution in [0.4, 0.5) is 0 Å². The van der Waals surface area contributed by atoms with Gasteiger partial charge in [0.2, 0.25) is 40.1 Å². The van der Waals surface area contributed by atoms with Crippen LogP contribution in [0, 0.1) is 27.7 Å². The minimum Gasteiger partial charge on any atom is -0.207 e. The van der Waals surface area contributed by atoms with Crippen molar-refractivity contribution in [2.24, 2.45) is 0 Å². The predicted molar refractivity (Wildman–Crippen MR) is 200 cm³/mol. The summed E-state index contributed by atoms with van der Waals surface area (Å²) in [6.07, 6.45) is 0. The van der Waals surface area contributed by atoms with Crippen LogP contribution in [0.3, 0.4) is 0 Å². The normalized spacial score (nSPS) is 17.3. The Labute approximate surface area is 308 Å². The second-order valence-corrected chi connectivity index (χ2v) is 20.3. The van der Waals surface area contributed by atoms with Gasteiger partial charge in [0.05, 0.1) is 19.6 Å². The molecule has 0 atom stereocenters. The highest BCUT2D eigenvalue weighted by molar-refractivity contribution is 7.90. The van der Waals surface area contributed by atoms with Crippen molar-refractivity contribution in [2.45, 2.75) is 47.3 Å². The van der Waals surface area contributed by atoms with Crippen LogP contribution in [0.25, 0.3) is 0 Å². The van der Waals surface area contributed by atoms with E-state index in [-0.39, 0.29) is 71.9 Å². The molecule has 0 bridgehead atoms. The van der Waals surface area contributed by atoms with Crippen LogP contribution in [-0.2, 0) is 40.1 Å². The zero-order valence-electron chi connectivity index (χ0n) is 29.6. The third-order valence-corrected chi connectivity index (χ3v) is 17.5. The molecule has 0 aliphatic carbocycles. The number of benzene rings is 4. The maximum absolute atomic E-state index is 14.3. The Morgan fingerprint density at radius 3 is 0.615 bits per heavy atom. The maximum Gasteiger partial charge on any atom is 0.243 e. The third-order valence-electron chi connectivity index (χ3n) is 9.24. The van der Waals surface area contributed by atoms with Gasteiger partial charge in [-0.15, -0.1) is 0 Å². The summed E-state index contributed by atoms with van der Waals surface area (Å²) >= 11 is 0. The number of aryl methyl sites for hydroxylation is 4. The molecule has 1 heterocycles. The first kappa shape index (κ1) is 39.7. The molecule has 12 nitrogen and oxygen atoms in total. The van der Waals surface area contributed by atoms with Gasteiger partial charge in [-0.25, -0.2) is 33.7 Å². The molecule has 4 aromatic rings. The Morgan fingerprint density at radius 1 is 0.308 bits per heavy atom. The van der Waals surface area contributed by atoms with Gasteiger partial charge in [-0.3, -0.25) is 0 Å². The summed E-state index contributed by atoms with van der Waals surface area (Å²) in [5.41, 5.74) is 1.89. The summed E-state index contributed by atoms with van der Waals surface area (Å²) in [6.45, 7) is 3.97. The SMILES string of the molecule is Cc1ccccc1S(=O)(=O)N1CCN(S(=O)(=O)c2ccccc2C)CCN(S(=O)(=O)c2ccccc2C)CCN(S(=O)(=O)c2ccccc2C)CC1. The number of rotatable bonds is 8. The van der Waals surface area contributed by atoms with E-state index >= 15 is 0 Å². The molecule has 0 amide bonds. The van der Waals surface area contributed by atoms with Crippen molar-refractivity contribution in [3.05, 3.63) is 119 Å². The van der Waals surface area contributed by atoms with Gasteiger partial charge < -0.3 is 0 Å². The lowest BCUT2D eigenvalue weighted by Crippen LogP contribution is -2.50. The molecule has 1 aliphatic rings. The molecule has 280 valence electrons. The van der Waals surface area contributed by atoms with Gasteiger partial charge in [0.15, 0.2) is 0 Å². The Balaban J connectivity index is 1.64. The number of nitrogens with zero attached hydrogens (tertiary/aromatic N) is 4. The summed E-state index contributed by atoms with van der Waals surface area (Å²) in [6, 6.07) is 25.6. The highest BCUT2D eigenvalue weighted by Gasteiger charge is 2.36. The molecule has 0 unspecified atom stereocenters. The smallest absolute Gasteiger partial charge is 0.207 e. The first-order valence-electron chi connectivity index (χ1n) is 16.7. The van der Waals surface area contributed by atoms with Gasteiger partial charge in [-0.05, 0) is 74.2 Å². The van der Waals surface area contributed by atoms with Crippen molar-refractivity contribution < 1.29 is 33.7 Å². The fourth-order valence-electron chi connectivity index (χ4n) is 6.24. The predicted octanol–water partition coefficient (Wildman–Crippen LogP) is 4.00. The molecule has 0 saturated carbocycles. The van der Waals surface area contributed by atoms with Crippen LogP contribution in [0.5, 0.6) is 0 Å². The molecule has 5 rings (SSSR count). The second-order valence-electron chi connectivity index (χ2n) is 12.7. The highest BCUT2D eigenvalue weighted by atomic mass is 32.2. The van der Waals surface area contributed by atoms with E-state index in [9.17, 15) is 33.7 Å². The molecule has 16 heteroatoms. The van der Waals surface area contributed by atoms with Gasteiger partial charge in [0.25, 0.3) is 0 Å². The molecule has 0 radical (unpaired) electrons. The maximum atomic E-state index is 14.3. The summed E-state index contributed by atoms with van der Waals surface area (Å²) in [7, 11) is -17.0. The van der Waals surface area contributed by atoms with E-state index in [1.807, 2.05) is 0 Å². The van der Waals surface area contributed by atoms with Crippen molar-refractivity contribution in [2.75, 3.05) is 52.4 Å². The van der Waals surface area contributed by atoms with Crippen LogP contribution < -0.4 is 0 Å². The van der Waals surface area contributed by atoms with Gasteiger partial charge >= 0.3 is 0 Å². The van der Waals surface area contributed by atoms with E-state index in [1.54, 1.807) is 100 Å². The quantitative estimate of drug-likeness (QED) is 0.260. The molecule has 1 saturated heterocycles. The van der Waals surface area contributed by atoms with E-state index in [0.717, 1.165) is 17.2 Å². The molecule has 0 aromatic heterocycles. The Kier molecular flexibility index (Phi) is 12.1. The third kappa shape index (κ3) is 8.19. The first-order valence-corrected chi connectivity index (χ1v) is 22.5. The van der Waals surface area contributed by atoms with Crippen molar-refractivity contribution in [1.82, 2.24) is 17.2 Å². The van der Waals surface area contributed by atoms with E-state index in [2.05, 4.69) is 0 Å². The first-order chi connectivity index (χ1) is 24.5. The molecule has 1 fully saturated rings. The minimum atomic E-state index is -4.26. The van der Waals surface area contributed by atoms with E-state index in [0.29, 0.717) is 22.3 Å². The molecule has 0 N–H and O–H groups in total. The van der Waals surface area contributed by atoms with E-state index in [4.69, 9.17) is 0 Å². The van der Waals surface area contributed by atoms with Crippen molar-refractivity contribution in [1.29, 1.82) is 0 Å². The second kappa shape index (κ2) is 15.9. The van der Waals surface area contributed by atoms with Crippen molar-refractivity contribution in [3.8, 4) is 0 Å². The lowest BCUT2D eigenvalue weighted by atomic mass is 10.2. The molecule has 52 heavy (non-hydrogen) atoms. The molecule has 0 spiro atoms. The van der Waals surface area contributed by atoms with Crippen molar-refractivity contribution in [3.63, 3.8) is 0 Å². The van der Waals surface area contributed by atoms with E-state index < -0.39 is 40.1 Å². The van der Waals surface area contributed by atoms with Crippen LogP contribution in [0.1, 0.15) is 22.3 Å². The fourth-order valence-corrected chi connectivity index (χ4v) is 12.8. The van der Waals surface area contributed by atoms with Crippen LogP contribution in [0.2, 0.25) is 0 Å². The lowest BCUT2D eigenvalue weighted by molar-refractivity contribution is 0.272. The number of hydrogen-bond donors (Lipinski definition) is 0. The van der Waals surface area contributed by atoms with Gasteiger partial charge in [-0.2, -0.15) is 17.2 Å². The van der Waals surface area contributed by atoms with Gasteiger partial charge in [0, 0.05) is 52.4 Å². The number of sulfonamides is 4. The lowest BCUT2D eigenvalue weighted by Gasteiger charge is -2.33. The average Bonchev–Trinajstić information content (AvgIpc) is 3.08. The summed E-state index contributed by atoms with van der Waals surface area (Å²) in [4.78, 5) is 0.0527. The standard InChI is InChI=1S/C36H44N4O8S4/c1-29-13-5-9-17-33(29)49(41,42)37-21-23-38(50(43,44)34-18-10-6-14-30(34)2)25-27-40(52(47,48)36-20-12-8-16-32(36)4)28-26-39(24-22-37)51(45,46)35-19-11-7-15-31(35)3/h5-20H,21-28H2,1-4H3. The van der Waals surface area contributed by atoms with Crippen LogP contribution in [0.15, 0.2) is 117 Å². The zero-order valence-corrected chi connectivity index (χ0v) is 32.8. The largest absolute Gasteiger partial charge is 0.243 e. The fraction of sp³-hybridized carbons (Fsp3) is 0.333. The topological polar surface area (TPSA) is 150 Å². The Morgan fingerprint density at radius 2 is 0.462 bits per heavy atom. The van der Waals surface area contributed by atoms with Crippen molar-refractivity contribution >= 4 is 40.1 Å². The summed E-state index contributed by atoms with van der Waals surface area (Å²) in [5, 5.41) is 0. The highest BCUT2D eigenvalue weighted by Crippen LogP contribution is 2.26. The molecule has 1 aliphatic heterocycles. The molecular formula is C36H44N4O8S4. The van der Waals surface area contributed by atoms with Crippen LogP contribution >= 0.6 is 0 Å². The van der Waals surface area contributed by atoms with Gasteiger partial charge in [-0.1, -0.05) is 72.8 Å². The Bertz CT molecular complexity index is 2020. The van der Waals surface area contributed by atoms with Crippen LogP contribution in [-0.4, -0.2) is 103 Å². The van der Waals surface area contributed by atoms with E-state index in [1.165, 1.54) is 24.3 Å². The summed E-state index contributed by atoms with van der Waals surface area (Å²) in [5.74, 6) is 0. The van der Waals surface area contributed by atoms with Gasteiger partial charge in [0.1, 0.15) is 0 Å². The molecular weight excluding hydrogens is 745 g/mol. The zero-order chi connectivity index (χ0) is 37.9.